The number of hydrogen-bond donors (Lipinski definition) is 2. The zero-order valence-corrected chi connectivity index (χ0v) is 20.4. The van der Waals surface area contributed by atoms with Crippen molar-refractivity contribution >= 4 is 40.1 Å². The number of aromatic nitrogens is 2. The number of anilines is 4. The van der Waals surface area contributed by atoms with E-state index >= 15 is 0 Å². The number of benzene rings is 1. The first kappa shape index (κ1) is 22.5. The lowest BCUT2D eigenvalue weighted by atomic mass is 9.73. The SMILES string of the molecule is CCCC1(CC)CCN(c2nc(Nc3ccc4c(c3)NC(=O)C(C)(C)O4)nc3ccoc23)CC1. The van der Waals surface area contributed by atoms with Crippen molar-refractivity contribution in [2.24, 2.45) is 5.41 Å². The summed E-state index contributed by atoms with van der Waals surface area (Å²) in [6.07, 6.45) is 7.70. The second-order valence-corrected chi connectivity index (χ2v) is 10.00. The number of fused-ring (bicyclic) bond motifs is 2. The van der Waals surface area contributed by atoms with Gasteiger partial charge in [0.2, 0.25) is 5.95 Å². The molecule has 1 saturated heterocycles. The van der Waals surface area contributed by atoms with E-state index in [0.717, 1.165) is 48.5 Å². The van der Waals surface area contributed by atoms with Crippen molar-refractivity contribution in [1.29, 1.82) is 0 Å². The molecule has 0 unspecified atom stereocenters. The van der Waals surface area contributed by atoms with Crippen LogP contribution < -0.4 is 20.3 Å². The van der Waals surface area contributed by atoms with Crippen LogP contribution in [-0.2, 0) is 4.79 Å². The van der Waals surface area contributed by atoms with Crippen molar-refractivity contribution in [2.75, 3.05) is 28.6 Å². The smallest absolute Gasteiger partial charge is 0.268 e. The molecule has 34 heavy (non-hydrogen) atoms. The molecule has 3 aromatic rings. The molecule has 180 valence electrons. The number of amides is 1. The van der Waals surface area contributed by atoms with Crippen LogP contribution in [0.1, 0.15) is 59.8 Å². The largest absolute Gasteiger partial charge is 0.476 e. The van der Waals surface area contributed by atoms with E-state index in [-0.39, 0.29) is 5.91 Å². The molecule has 0 atom stereocenters. The summed E-state index contributed by atoms with van der Waals surface area (Å²) in [5.41, 5.74) is 2.42. The van der Waals surface area contributed by atoms with Crippen LogP contribution >= 0.6 is 0 Å². The van der Waals surface area contributed by atoms with Gasteiger partial charge in [0.05, 0.1) is 12.0 Å². The third-order valence-electron chi connectivity index (χ3n) is 7.34. The number of carbonyl (C=O) groups is 1. The fourth-order valence-electron chi connectivity index (χ4n) is 5.14. The van der Waals surface area contributed by atoms with Gasteiger partial charge >= 0.3 is 0 Å². The zero-order valence-electron chi connectivity index (χ0n) is 20.4. The van der Waals surface area contributed by atoms with Gasteiger partial charge in [-0.05, 0) is 56.7 Å². The lowest BCUT2D eigenvalue weighted by Gasteiger charge is -2.42. The third kappa shape index (κ3) is 4.06. The molecule has 5 rings (SSSR count). The summed E-state index contributed by atoms with van der Waals surface area (Å²) in [5.74, 6) is 1.79. The van der Waals surface area contributed by atoms with Crippen LogP contribution in [0.5, 0.6) is 5.75 Å². The number of rotatable bonds is 6. The quantitative estimate of drug-likeness (QED) is 0.472. The third-order valence-corrected chi connectivity index (χ3v) is 7.34. The van der Waals surface area contributed by atoms with Crippen LogP contribution in [0, 0.1) is 5.41 Å². The van der Waals surface area contributed by atoms with Crippen molar-refractivity contribution in [3.63, 3.8) is 0 Å². The summed E-state index contributed by atoms with van der Waals surface area (Å²) >= 11 is 0. The molecule has 2 aliphatic rings. The van der Waals surface area contributed by atoms with Gasteiger partial charge < -0.3 is 24.7 Å². The lowest BCUT2D eigenvalue weighted by Crippen LogP contribution is -2.45. The van der Waals surface area contributed by atoms with E-state index in [9.17, 15) is 4.79 Å². The number of nitrogens with zero attached hydrogens (tertiary/aromatic N) is 3. The first-order valence-electron chi connectivity index (χ1n) is 12.2. The van der Waals surface area contributed by atoms with Gasteiger partial charge in [-0.1, -0.05) is 26.7 Å². The van der Waals surface area contributed by atoms with Crippen molar-refractivity contribution in [1.82, 2.24) is 9.97 Å². The van der Waals surface area contributed by atoms with Gasteiger partial charge in [-0.15, -0.1) is 0 Å². The predicted octanol–water partition coefficient (Wildman–Crippen LogP) is 5.87. The van der Waals surface area contributed by atoms with E-state index in [2.05, 4.69) is 34.4 Å². The van der Waals surface area contributed by atoms with E-state index in [1.165, 1.54) is 19.3 Å². The molecule has 0 saturated carbocycles. The second-order valence-electron chi connectivity index (χ2n) is 10.00. The Labute approximate surface area is 200 Å². The minimum atomic E-state index is -0.896. The number of ether oxygens (including phenoxy) is 1. The van der Waals surface area contributed by atoms with Gasteiger partial charge in [0.25, 0.3) is 5.91 Å². The number of nitrogens with one attached hydrogen (secondary N) is 2. The zero-order chi connectivity index (χ0) is 23.9. The molecular weight excluding hydrogens is 430 g/mol. The topological polar surface area (TPSA) is 92.5 Å². The van der Waals surface area contributed by atoms with Crippen molar-refractivity contribution in [3.05, 3.63) is 30.5 Å². The highest BCUT2D eigenvalue weighted by atomic mass is 16.5. The summed E-state index contributed by atoms with van der Waals surface area (Å²) < 4.78 is 11.6. The van der Waals surface area contributed by atoms with Gasteiger partial charge in [-0.25, -0.2) is 4.98 Å². The van der Waals surface area contributed by atoms with E-state index in [1.54, 1.807) is 20.1 Å². The summed E-state index contributed by atoms with van der Waals surface area (Å²) in [7, 11) is 0. The standard InChI is InChI=1S/C26H33N5O3/c1-5-10-26(6-2)11-13-31(14-12-26)22-21-18(9-15-33-21)29-24(30-22)27-17-7-8-20-19(16-17)28-23(32)25(3,4)34-20/h7-9,15-16H,5-6,10-14H2,1-4H3,(H,28,32)(H,27,29,30). The number of piperidine rings is 1. The fraction of sp³-hybridized carbons (Fsp3) is 0.500. The van der Waals surface area contributed by atoms with Gasteiger partial charge in [-0.2, -0.15) is 4.98 Å². The predicted molar refractivity (Wildman–Crippen MR) is 134 cm³/mol. The summed E-state index contributed by atoms with van der Waals surface area (Å²) in [6, 6.07) is 7.45. The average molecular weight is 464 g/mol. The first-order valence-corrected chi connectivity index (χ1v) is 12.2. The molecule has 1 aromatic carbocycles. The maximum absolute atomic E-state index is 12.3. The first-order chi connectivity index (χ1) is 16.3. The molecular formula is C26H33N5O3. The minimum absolute atomic E-state index is 0.174. The highest BCUT2D eigenvalue weighted by Crippen LogP contribution is 2.41. The minimum Gasteiger partial charge on any atom is -0.476 e. The molecule has 2 aromatic heterocycles. The molecule has 0 aliphatic carbocycles. The second kappa shape index (κ2) is 8.49. The molecule has 0 radical (unpaired) electrons. The Bertz CT molecular complexity index is 1210. The normalized spacial score (nSPS) is 18.8. The van der Waals surface area contributed by atoms with Crippen molar-refractivity contribution in [2.45, 2.75) is 65.4 Å². The average Bonchev–Trinajstić information content (AvgIpc) is 3.29. The van der Waals surface area contributed by atoms with Gasteiger partial charge in [0, 0.05) is 24.8 Å². The van der Waals surface area contributed by atoms with E-state index in [4.69, 9.17) is 14.1 Å². The van der Waals surface area contributed by atoms with E-state index < -0.39 is 5.60 Å². The maximum atomic E-state index is 12.3. The number of furan rings is 1. The number of hydrogen-bond acceptors (Lipinski definition) is 7. The Hall–Kier alpha value is -3.29. The van der Waals surface area contributed by atoms with Gasteiger partial charge in [0.15, 0.2) is 17.0 Å². The van der Waals surface area contributed by atoms with Crippen molar-refractivity contribution < 1.29 is 13.9 Å². The molecule has 1 amide bonds. The molecule has 1 fully saturated rings. The molecule has 8 nitrogen and oxygen atoms in total. The molecule has 0 bridgehead atoms. The Morgan fingerprint density at radius 1 is 1.15 bits per heavy atom. The molecule has 0 spiro atoms. The summed E-state index contributed by atoms with van der Waals surface area (Å²) in [6.45, 7) is 10.0. The van der Waals surface area contributed by atoms with Crippen LogP contribution in [0.4, 0.5) is 23.1 Å². The lowest BCUT2D eigenvalue weighted by molar-refractivity contribution is -0.129. The Balaban J connectivity index is 1.40. The summed E-state index contributed by atoms with van der Waals surface area (Å²) in [4.78, 5) is 24.1. The molecule has 2 aliphatic heterocycles. The van der Waals surface area contributed by atoms with Crippen LogP contribution in [0.25, 0.3) is 11.1 Å². The van der Waals surface area contributed by atoms with E-state index in [1.807, 2.05) is 24.3 Å². The maximum Gasteiger partial charge on any atom is 0.268 e. The highest BCUT2D eigenvalue weighted by Gasteiger charge is 2.36. The van der Waals surface area contributed by atoms with E-state index in [0.29, 0.717) is 22.8 Å². The fourth-order valence-corrected chi connectivity index (χ4v) is 5.14. The highest BCUT2D eigenvalue weighted by molar-refractivity contribution is 6.00. The molecule has 8 heteroatoms. The Morgan fingerprint density at radius 3 is 2.68 bits per heavy atom. The van der Waals surface area contributed by atoms with Crippen LogP contribution in [0.2, 0.25) is 0 Å². The van der Waals surface area contributed by atoms with Crippen LogP contribution in [0.3, 0.4) is 0 Å². The molecule has 4 heterocycles. The van der Waals surface area contributed by atoms with Crippen LogP contribution in [0.15, 0.2) is 34.9 Å². The Morgan fingerprint density at radius 2 is 1.94 bits per heavy atom. The number of carbonyl (C=O) groups excluding carboxylic acids is 1. The van der Waals surface area contributed by atoms with Gasteiger partial charge in [-0.3, -0.25) is 4.79 Å². The monoisotopic (exact) mass is 463 g/mol. The summed E-state index contributed by atoms with van der Waals surface area (Å²) in [5, 5.41) is 6.22. The van der Waals surface area contributed by atoms with Crippen LogP contribution in [-0.4, -0.2) is 34.6 Å². The van der Waals surface area contributed by atoms with Crippen molar-refractivity contribution in [3.8, 4) is 5.75 Å². The Kier molecular flexibility index (Phi) is 5.62. The van der Waals surface area contributed by atoms with Gasteiger partial charge in [0.1, 0.15) is 11.3 Å². The molecule has 2 N–H and O–H groups in total.